The molecular formula is C53H72O11S2. The Kier molecular flexibility index (Phi) is 12.7. The molecule has 0 amide bonds. The molecule has 11 rings (SSSR count). The Hall–Kier alpha value is -2.39. The summed E-state index contributed by atoms with van der Waals surface area (Å²) < 4.78 is 31.3. The molecule has 16 atom stereocenters. The average molecular weight is 949 g/mol. The molecule has 7 aliphatic carbocycles. The smallest absolute Gasteiger partial charge is 0.334 e. The Labute approximate surface area is 398 Å². The molecule has 9 fully saturated rings. The van der Waals surface area contributed by atoms with Gasteiger partial charge in [0.15, 0.2) is 0 Å². The highest BCUT2D eigenvalue weighted by atomic mass is 33.1. The van der Waals surface area contributed by atoms with E-state index in [0.717, 1.165) is 48.0 Å². The van der Waals surface area contributed by atoms with Crippen LogP contribution in [0.15, 0.2) is 58.7 Å². The molecule has 66 heavy (non-hydrogen) atoms. The number of cyclic esters (lactones) is 1. The summed E-state index contributed by atoms with van der Waals surface area (Å²) in [4.78, 5) is 39.3. The summed E-state index contributed by atoms with van der Waals surface area (Å²) in [5.74, 6) is 1.65. The first-order valence-corrected chi connectivity index (χ1v) is 27.7. The van der Waals surface area contributed by atoms with Crippen LogP contribution in [0.3, 0.4) is 0 Å². The van der Waals surface area contributed by atoms with E-state index in [4.69, 9.17) is 23.7 Å². The molecule has 0 aromatic rings. The van der Waals surface area contributed by atoms with Crippen LogP contribution in [0, 0.1) is 52.3 Å². The average Bonchev–Trinajstić information content (AvgIpc) is 4.18. The molecule has 4 aliphatic heterocycles. The quantitative estimate of drug-likeness (QED) is 0.0360. The number of aliphatic hydroxyl groups excluding tert-OH is 3. The first-order chi connectivity index (χ1) is 31.5. The van der Waals surface area contributed by atoms with Crippen LogP contribution >= 0.6 is 21.6 Å². The Morgan fingerprint density at radius 3 is 2.39 bits per heavy atom. The van der Waals surface area contributed by atoms with Crippen LogP contribution in [0.4, 0.5) is 0 Å². The molecule has 0 aromatic heterocycles. The van der Waals surface area contributed by atoms with Gasteiger partial charge in [0.1, 0.15) is 36.1 Å². The van der Waals surface area contributed by atoms with Crippen molar-refractivity contribution in [3.8, 4) is 0 Å². The van der Waals surface area contributed by atoms with Gasteiger partial charge in [-0.2, -0.15) is 0 Å². The van der Waals surface area contributed by atoms with Crippen molar-refractivity contribution in [2.24, 2.45) is 52.3 Å². The van der Waals surface area contributed by atoms with Crippen molar-refractivity contribution < 1.29 is 53.4 Å². The summed E-state index contributed by atoms with van der Waals surface area (Å²) in [6.45, 7) is 15.7. The van der Waals surface area contributed by atoms with Gasteiger partial charge in [0.2, 0.25) is 0 Å². The number of epoxide rings is 1. The van der Waals surface area contributed by atoms with Gasteiger partial charge in [-0.05, 0) is 116 Å². The normalized spacial score (nSPS) is 44.3. The summed E-state index contributed by atoms with van der Waals surface area (Å²) in [5, 5.41) is 33.2. The van der Waals surface area contributed by atoms with Crippen LogP contribution < -0.4 is 0 Å². The van der Waals surface area contributed by atoms with E-state index in [1.54, 1.807) is 0 Å². The lowest BCUT2D eigenvalue weighted by Gasteiger charge is -2.71. The predicted molar refractivity (Wildman–Crippen MR) is 253 cm³/mol. The van der Waals surface area contributed by atoms with Crippen LogP contribution in [-0.4, -0.2) is 105 Å². The standard InChI is InChI=1S/C53H72O11S2/c1-28(2)44-46(58)48-53(64-48)51(6)21-17-35-36(27-60-49(35)59)45(51)41-26-52(53,63-41)47(44)62-43(57)19-23-66-65-22-18-42(56)61-40-25-34(54)24-33(30(40)4)13-10-31-8-7-20-50(5)37(14-15-38(31)50)29(3)9-16-39(55)32-11-12-32/h9-10,13,16,28-29,32,34,37-41,44-48,54-55,58H,4,7-8,11-12,14-15,17-27H2,1-3,5-6H3/b16-9+,31-10+,33-13-/t29-,34+,37?,38?,39?,40-,41+,44+,45+,46+,47+,48-,50+,51-,52+,53+/m0/s1. The van der Waals surface area contributed by atoms with Crippen LogP contribution in [-0.2, 0) is 38.1 Å². The van der Waals surface area contributed by atoms with Gasteiger partial charge >= 0.3 is 17.9 Å². The van der Waals surface area contributed by atoms with Gasteiger partial charge in [-0.1, -0.05) is 92.7 Å². The second-order valence-corrected chi connectivity index (χ2v) is 25.3. The number of aliphatic hydroxyl groups is 3. The van der Waals surface area contributed by atoms with Gasteiger partial charge in [0.25, 0.3) is 0 Å². The lowest BCUT2D eigenvalue weighted by atomic mass is 9.41. The highest BCUT2D eigenvalue weighted by Crippen LogP contribution is 2.79. The van der Waals surface area contributed by atoms with Gasteiger partial charge in [-0.15, -0.1) is 0 Å². The number of hydrogen-bond donors (Lipinski definition) is 3. The van der Waals surface area contributed by atoms with Gasteiger partial charge in [-0.3, -0.25) is 9.59 Å². The van der Waals surface area contributed by atoms with Gasteiger partial charge in [0, 0.05) is 47.2 Å². The predicted octanol–water partition coefficient (Wildman–Crippen LogP) is 8.31. The summed E-state index contributed by atoms with van der Waals surface area (Å²) in [7, 11) is 3.02. The molecule has 3 unspecified atom stereocenters. The van der Waals surface area contributed by atoms with Crippen molar-refractivity contribution in [3.05, 3.63) is 58.7 Å². The molecule has 4 heterocycles. The first kappa shape index (κ1) is 47.3. The molecule has 11 nitrogen and oxygen atoms in total. The van der Waals surface area contributed by atoms with Gasteiger partial charge < -0.3 is 39.0 Å². The van der Waals surface area contributed by atoms with Crippen molar-refractivity contribution in [1.29, 1.82) is 0 Å². The second-order valence-electron chi connectivity index (χ2n) is 22.6. The first-order valence-electron chi connectivity index (χ1n) is 25.2. The number of carbonyl (C=O) groups excluding carboxylic acids is 3. The zero-order valence-electron chi connectivity index (χ0n) is 39.5. The number of esters is 3. The summed E-state index contributed by atoms with van der Waals surface area (Å²) in [5.41, 5.74) is 3.11. The lowest BCUT2D eigenvalue weighted by molar-refractivity contribution is -0.373. The number of rotatable bonds is 15. The molecule has 13 heteroatoms. The van der Waals surface area contributed by atoms with Crippen LogP contribution in [0.1, 0.15) is 125 Å². The van der Waals surface area contributed by atoms with Crippen LogP contribution in [0.2, 0.25) is 0 Å². The highest BCUT2D eigenvalue weighted by Gasteiger charge is 2.92. The summed E-state index contributed by atoms with van der Waals surface area (Å²) >= 11 is 0. The third-order valence-electron chi connectivity index (χ3n) is 18.6. The largest absolute Gasteiger partial charge is 0.459 e. The molecule has 0 aromatic carbocycles. The van der Waals surface area contributed by atoms with Gasteiger partial charge in [-0.25, -0.2) is 4.79 Å². The van der Waals surface area contributed by atoms with E-state index < -0.39 is 47.1 Å². The molecule has 0 radical (unpaired) electrons. The summed E-state index contributed by atoms with van der Waals surface area (Å²) in [6, 6.07) is 0. The Morgan fingerprint density at radius 2 is 1.68 bits per heavy atom. The van der Waals surface area contributed by atoms with Crippen LogP contribution in [0.25, 0.3) is 0 Å². The molecule has 6 saturated carbocycles. The zero-order valence-corrected chi connectivity index (χ0v) is 41.2. The van der Waals surface area contributed by atoms with Crippen molar-refractivity contribution in [1.82, 2.24) is 0 Å². The number of ether oxygens (including phenoxy) is 5. The van der Waals surface area contributed by atoms with E-state index in [2.05, 4.69) is 51.7 Å². The number of fused-ring (bicyclic) bond motifs is 1. The minimum atomic E-state index is -0.857. The fourth-order valence-corrected chi connectivity index (χ4v) is 17.2. The zero-order chi connectivity index (χ0) is 46.5. The number of allylic oxidation sites excluding steroid dienone is 4. The Balaban J connectivity index is 0.694. The molecular weight excluding hydrogens is 877 g/mol. The van der Waals surface area contributed by atoms with E-state index in [9.17, 15) is 29.7 Å². The summed E-state index contributed by atoms with van der Waals surface area (Å²) in [6.07, 6.45) is 16.4. The third-order valence-corrected chi connectivity index (χ3v) is 21.0. The van der Waals surface area contributed by atoms with Crippen LogP contribution in [0.5, 0.6) is 0 Å². The third kappa shape index (κ3) is 7.69. The Morgan fingerprint density at radius 1 is 0.955 bits per heavy atom. The van der Waals surface area contributed by atoms with Gasteiger partial charge in [0.05, 0.1) is 37.3 Å². The molecule has 11 aliphatic rings. The maximum Gasteiger partial charge on any atom is 0.334 e. The van der Waals surface area contributed by atoms with Crippen molar-refractivity contribution in [3.63, 3.8) is 0 Å². The van der Waals surface area contributed by atoms with E-state index in [-0.39, 0.29) is 72.7 Å². The molecule has 3 saturated heterocycles. The van der Waals surface area contributed by atoms with Crippen molar-refractivity contribution in [2.75, 3.05) is 18.1 Å². The molecule has 362 valence electrons. The SMILES string of the molecule is C=C1/C(=C\C=C2/CCC[C@@]3(C)C2CCC3[C@@H](C)/C=C/C(O)C2CC2)C[C@@H](O)C[C@@H]1OC(=O)CCSSCCC(=O)O[C@@H]1[C@H](C(C)C)[C@@H](O)[C@@H]2O[C@@]23[C@@]2(C)CCC4=C(COC4=O)[C@@H]2[C@H]2C[C@@]13O2. The monoisotopic (exact) mass is 948 g/mol. The fourth-order valence-electron chi connectivity index (χ4n) is 15.2. The maximum absolute atomic E-state index is 13.6. The van der Waals surface area contributed by atoms with Crippen molar-refractivity contribution in [2.45, 2.75) is 178 Å². The minimum Gasteiger partial charge on any atom is -0.459 e. The lowest BCUT2D eigenvalue weighted by Crippen LogP contribution is -2.84. The van der Waals surface area contributed by atoms with Crippen molar-refractivity contribution >= 4 is 39.5 Å². The molecule has 3 N–H and O–H groups in total. The Bertz CT molecular complexity index is 2100. The van der Waals surface area contributed by atoms with E-state index in [1.165, 1.54) is 46.4 Å². The van der Waals surface area contributed by atoms with E-state index in [0.29, 0.717) is 67.3 Å². The number of hydrogen-bond acceptors (Lipinski definition) is 13. The fraction of sp³-hybridized carbons (Fsp3) is 0.755. The molecule has 2 spiro atoms. The highest BCUT2D eigenvalue weighted by molar-refractivity contribution is 8.76. The molecule has 2 bridgehead atoms. The number of carbonyl (C=O) groups is 3. The van der Waals surface area contributed by atoms with E-state index >= 15 is 0 Å². The second kappa shape index (κ2) is 17.8. The van der Waals surface area contributed by atoms with E-state index in [1.807, 2.05) is 13.8 Å². The topological polar surface area (TPSA) is 161 Å². The maximum atomic E-state index is 13.6. The minimum absolute atomic E-state index is 0.0112.